The summed E-state index contributed by atoms with van der Waals surface area (Å²) in [7, 11) is 0. The van der Waals surface area contributed by atoms with Gasteiger partial charge in [0, 0.05) is 5.38 Å². The molecule has 0 unspecified atom stereocenters. The fraction of sp³-hybridized carbons (Fsp3) is 0. The molecule has 0 aliphatic heterocycles. The molecule has 0 atom stereocenters. The van der Waals surface area contributed by atoms with Crippen LogP contribution in [0.4, 0.5) is 4.39 Å². The zero-order chi connectivity index (χ0) is 9.26. The molecule has 4 heteroatoms. The predicted octanol–water partition coefficient (Wildman–Crippen LogP) is 2.24. The summed E-state index contributed by atoms with van der Waals surface area (Å²) in [5.74, 6) is -0.277. The van der Waals surface area contributed by atoms with Crippen molar-refractivity contribution in [1.82, 2.24) is 4.98 Å². The minimum atomic E-state index is -0.277. The number of hydrogen-bond donors (Lipinski definition) is 1. The van der Waals surface area contributed by atoms with Gasteiger partial charge in [-0.1, -0.05) is 11.3 Å². The number of halogens is 1. The van der Waals surface area contributed by atoms with E-state index in [-0.39, 0.29) is 10.7 Å². The minimum absolute atomic E-state index is 0.0978. The number of aromatic nitrogens is 1. The van der Waals surface area contributed by atoms with Gasteiger partial charge >= 0.3 is 4.87 Å². The minimum Gasteiger partial charge on any atom is -0.312 e. The van der Waals surface area contributed by atoms with E-state index in [0.717, 1.165) is 22.6 Å². The van der Waals surface area contributed by atoms with Crippen LogP contribution in [0, 0.1) is 5.82 Å². The van der Waals surface area contributed by atoms with E-state index in [2.05, 4.69) is 4.98 Å². The fourth-order valence-electron chi connectivity index (χ4n) is 1.05. The van der Waals surface area contributed by atoms with Crippen molar-refractivity contribution in [3.8, 4) is 11.3 Å². The molecular formula is C9H6FNOS. The number of benzene rings is 1. The fourth-order valence-corrected chi connectivity index (χ4v) is 1.64. The van der Waals surface area contributed by atoms with Crippen molar-refractivity contribution in [2.75, 3.05) is 0 Å². The number of nitrogens with one attached hydrogen (secondary N) is 1. The molecule has 0 bridgehead atoms. The first kappa shape index (κ1) is 8.19. The number of aromatic amines is 1. The van der Waals surface area contributed by atoms with Gasteiger partial charge in [-0.3, -0.25) is 4.79 Å². The standard InChI is InChI=1S/C9H6FNOS/c10-7-3-1-6(2-4-7)8-5-13-9(12)11-8/h1-5H,(H,11,12). The van der Waals surface area contributed by atoms with Gasteiger partial charge in [-0.15, -0.1) is 0 Å². The van der Waals surface area contributed by atoms with Crippen molar-refractivity contribution in [3.63, 3.8) is 0 Å². The van der Waals surface area contributed by atoms with Gasteiger partial charge in [-0.05, 0) is 29.8 Å². The zero-order valence-corrected chi connectivity index (χ0v) is 7.40. The van der Waals surface area contributed by atoms with Gasteiger partial charge in [-0.25, -0.2) is 4.39 Å². The Labute approximate surface area is 77.7 Å². The molecular weight excluding hydrogens is 189 g/mol. The summed E-state index contributed by atoms with van der Waals surface area (Å²) < 4.78 is 12.5. The molecule has 0 saturated heterocycles. The first-order valence-corrected chi connectivity index (χ1v) is 4.57. The van der Waals surface area contributed by atoms with Gasteiger partial charge in [0.15, 0.2) is 0 Å². The molecule has 2 aromatic rings. The van der Waals surface area contributed by atoms with Gasteiger partial charge in [0.05, 0.1) is 5.69 Å². The Morgan fingerprint density at radius 3 is 2.46 bits per heavy atom. The summed E-state index contributed by atoms with van der Waals surface area (Å²) in [5.41, 5.74) is 1.55. The Balaban J connectivity index is 2.47. The van der Waals surface area contributed by atoms with E-state index in [9.17, 15) is 9.18 Å². The molecule has 1 aromatic carbocycles. The van der Waals surface area contributed by atoms with E-state index in [1.807, 2.05) is 0 Å². The van der Waals surface area contributed by atoms with Crippen molar-refractivity contribution in [2.24, 2.45) is 0 Å². The molecule has 2 nitrogen and oxygen atoms in total. The third-order valence-electron chi connectivity index (χ3n) is 1.68. The molecule has 0 aliphatic carbocycles. The molecule has 0 radical (unpaired) electrons. The molecule has 0 spiro atoms. The first-order chi connectivity index (χ1) is 6.25. The summed E-state index contributed by atoms with van der Waals surface area (Å²) in [4.78, 5) is 13.4. The molecule has 66 valence electrons. The topological polar surface area (TPSA) is 32.9 Å². The number of hydrogen-bond acceptors (Lipinski definition) is 2. The molecule has 0 saturated carbocycles. The van der Waals surface area contributed by atoms with E-state index in [1.165, 1.54) is 12.1 Å². The third kappa shape index (κ3) is 1.67. The maximum absolute atomic E-state index is 12.5. The number of rotatable bonds is 1. The van der Waals surface area contributed by atoms with Crippen molar-refractivity contribution in [1.29, 1.82) is 0 Å². The van der Waals surface area contributed by atoms with Crippen molar-refractivity contribution >= 4 is 11.3 Å². The Kier molecular flexibility index (Phi) is 1.98. The lowest BCUT2D eigenvalue weighted by Gasteiger charge is -1.95. The Bertz CT molecular complexity index is 457. The van der Waals surface area contributed by atoms with Crippen molar-refractivity contribution in [3.05, 3.63) is 45.1 Å². The van der Waals surface area contributed by atoms with Gasteiger partial charge in [0.1, 0.15) is 5.82 Å². The lowest BCUT2D eigenvalue weighted by atomic mass is 10.2. The molecule has 1 aromatic heterocycles. The van der Waals surface area contributed by atoms with Crippen LogP contribution in [0.1, 0.15) is 0 Å². The van der Waals surface area contributed by atoms with E-state index >= 15 is 0 Å². The van der Waals surface area contributed by atoms with E-state index < -0.39 is 0 Å². The maximum Gasteiger partial charge on any atom is 0.304 e. The monoisotopic (exact) mass is 195 g/mol. The van der Waals surface area contributed by atoms with Crippen LogP contribution in [0.15, 0.2) is 34.4 Å². The molecule has 0 amide bonds. The van der Waals surface area contributed by atoms with Crippen LogP contribution in [-0.4, -0.2) is 4.98 Å². The molecule has 1 heterocycles. The summed E-state index contributed by atoms with van der Waals surface area (Å²) in [6.45, 7) is 0. The predicted molar refractivity (Wildman–Crippen MR) is 50.3 cm³/mol. The Morgan fingerprint density at radius 2 is 1.92 bits per heavy atom. The lowest BCUT2D eigenvalue weighted by molar-refractivity contribution is 0.628. The average Bonchev–Trinajstić information content (AvgIpc) is 2.53. The largest absolute Gasteiger partial charge is 0.312 e. The van der Waals surface area contributed by atoms with Gasteiger partial charge in [-0.2, -0.15) is 0 Å². The van der Waals surface area contributed by atoms with Crippen LogP contribution in [-0.2, 0) is 0 Å². The highest BCUT2D eigenvalue weighted by Crippen LogP contribution is 2.16. The second kappa shape index (κ2) is 3.14. The van der Waals surface area contributed by atoms with Crippen LogP contribution in [0.2, 0.25) is 0 Å². The van der Waals surface area contributed by atoms with Gasteiger partial charge in [0.25, 0.3) is 0 Å². The van der Waals surface area contributed by atoms with Crippen LogP contribution in [0.3, 0.4) is 0 Å². The maximum atomic E-state index is 12.5. The third-order valence-corrected chi connectivity index (χ3v) is 2.35. The zero-order valence-electron chi connectivity index (χ0n) is 6.58. The normalized spacial score (nSPS) is 10.2. The number of thiazole rings is 1. The SMILES string of the molecule is O=c1[nH]c(-c2ccc(F)cc2)cs1. The second-order valence-electron chi connectivity index (χ2n) is 2.57. The van der Waals surface area contributed by atoms with Crippen molar-refractivity contribution < 1.29 is 4.39 Å². The van der Waals surface area contributed by atoms with Crippen molar-refractivity contribution in [2.45, 2.75) is 0 Å². The molecule has 0 fully saturated rings. The first-order valence-electron chi connectivity index (χ1n) is 3.69. The molecule has 1 N–H and O–H groups in total. The molecule has 2 rings (SSSR count). The van der Waals surface area contributed by atoms with Crippen LogP contribution in [0.5, 0.6) is 0 Å². The Hall–Kier alpha value is -1.42. The average molecular weight is 195 g/mol. The summed E-state index contributed by atoms with van der Waals surface area (Å²) in [6.07, 6.45) is 0. The Morgan fingerprint density at radius 1 is 1.23 bits per heavy atom. The quantitative estimate of drug-likeness (QED) is 0.743. The van der Waals surface area contributed by atoms with Gasteiger partial charge < -0.3 is 4.98 Å². The van der Waals surface area contributed by atoms with E-state index in [0.29, 0.717) is 0 Å². The number of H-pyrrole nitrogens is 1. The highest BCUT2D eigenvalue weighted by atomic mass is 32.1. The van der Waals surface area contributed by atoms with E-state index in [4.69, 9.17) is 0 Å². The van der Waals surface area contributed by atoms with E-state index in [1.54, 1.807) is 17.5 Å². The van der Waals surface area contributed by atoms with Crippen LogP contribution < -0.4 is 4.87 Å². The lowest BCUT2D eigenvalue weighted by Crippen LogP contribution is -1.92. The highest BCUT2D eigenvalue weighted by Gasteiger charge is 1.99. The highest BCUT2D eigenvalue weighted by molar-refractivity contribution is 7.07. The molecule has 13 heavy (non-hydrogen) atoms. The summed E-state index contributed by atoms with van der Waals surface area (Å²) in [5, 5.41) is 1.72. The summed E-state index contributed by atoms with van der Waals surface area (Å²) >= 11 is 1.10. The summed E-state index contributed by atoms with van der Waals surface area (Å²) in [6, 6.07) is 6.00. The molecule has 0 aliphatic rings. The smallest absolute Gasteiger partial charge is 0.304 e. The second-order valence-corrected chi connectivity index (χ2v) is 3.41. The van der Waals surface area contributed by atoms with Crippen LogP contribution >= 0.6 is 11.3 Å². The van der Waals surface area contributed by atoms with Crippen LogP contribution in [0.25, 0.3) is 11.3 Å². The van der Waals surface area contributed by atoms with Gasteiger partial charge in [0.2, 0.25) is 0 Å².